The van der Waals surface area contributed by atoms with E-state index in [2.05, 4.69) is 15.9 Å². The van der Waals surface area contributed by atoms with Crippen LogP contribution in [0.15, 0.2) is 105 Å². The number of thiazole rings is 1. The van der Waals surface area contributed by atoms with Gasteiger partial charge in [0, 0.05) is 17.7 Å². The van der Waals surface area contributed by atoms with E-state index in [1.54, 1.807) is 55.5 Å². The minimum absolute atomic E-state index is 0.0133. The molecule has 12 nitrogen and oxygen atoms in total. The highest BCUT2D eigenvalue weighted by Gasteiger charge is 2.35. The second-order valence-corrected chi connectivity index (χ2v) is 13.2. The zero-order valence-electron chi connectivity index (χ0n) is 28.5. The summed E-state index contributed by atoms with van der Waals surface area (Å²) in [5.74, 6) is 1.13. The lowest BCUT2D eigenvalue weighted by molar-refractivity contribution is -0.384. The molecule has 0 saturated heterocycles. The molecule has 266 valence electrons. The van der Waals surface area contributed by atoms with Crippen LogP contribution in [0, 0.1) is 10.1 Å². The maximum Gasteiger partial charge on any atom is 0.338 e. The van der Waals surface area contributed by atoms with Crippen LogP contribution in [-0.4, -0.2) is 43.4 Å². The highest BCUT2D eigenvalue weighted by molar-refractivity contribution is 9.10. The van der Waals surface area contributed by atoms with Gasteiger partial charge in [0.15, 0.2) is 27.8 Å². The molecule has 1 aliphatic heterocycles. The molecule has 0 fully saturated rings. The van der Waals surface area contributed by atoms with Crippen molar-refractivity contribution >= 4 is 50.7 Å². The first-order valence-electron chi connectivity index (χ1n) is 15.9. The van der Waals surface area contributed by atoms with Crippen LogP contribution in [0.1, 0.15) is 35.2 Å². The molecule has 0 bridgehead atoms. The van der Waals surface area contributed by atoms with Crippen molar-refractivity contribution in [3.05, 3.63) is 147 Å². The lowest BCUT2D eigenvalue weighted by Gasteiger charge is -2.26. The maximum absolute atomic E-state index is 14.4. The molecule has 1 aliphatic rings. The molecule has 0 spiro atoms. The molecule has 4 aromatic carbocycles. The number of aromatic nitrogens is 1. The predicted octanol–water partition coefficient (Wildman–Crippen LogP) is 6.21. The van der Waals surface area contributed by atoms with Crippen LogP contribution in [0.5, 0.6) is 23.0 Å². The van der Waals surface area contributed by atoms with Crippen LogP contribution in [0.3, 0.4) is 0 Å². The second kappa shape index (κ2) is 15.7. The van der Waals surface area contributed by atoms with Crippen LogP contribution in [-0.2, 0) is 16.1 Å². The van der Waals surface area contributed by atoms with Crippen LogP contribution in [0.25, 0.3) is 11.8 Å². The van der Waals surface area contributed by atoms with Crippen molar-refractivity contribution in [3.8, 4) is 23.0 Å². The third-order valence-corrected chi connectivity index (χ3v) is 9.75. The van der Waals surface area contributed by atoms with Gasteiger partial charge in [0.2, 0.25) is 0 Å². The molecule has 1 atom stereocenters. The standard InChI is InChI=1S/C38H32BrN3O9S/c1-5-50-37(44)32-33(24-9-7-6-8-10-24)40-38-41(34(32)25-13-16-28(47-2)29(20-25)48-3)36(43)31(52-38)19-23-17-27(39)35(30(18-23)49-4)51-21-22-11-14-26(15-12-22)42(45)46/h6-20,34H,5,21H2,1-4H3/b31-19-/t34-/m1/s1. The van der Waals surface area contributed by atoms with E-state index in [9.17, 15) is 19.7 Å². The first kappa shape index (κ1) is 36.1. The summed E-state index contributed by atoms with van der Waals surface area (Å²) in [5, 5.41) is 11.0. The Morgan fingerprint density at radius 1 is 0.962 bits per heavy atom. The summed E-state index contributed by atoms with van der Waals surface area (Å²) >= 11 is 4.76. The van der Waals surface area contributed by atoms with Gasteiger partial charge in [-0.2, -0.15) is 0 Å². The molecule has 6 rings (SSSR count). The number of hydrogen-bond donors (Lipinski definition) is 0. The largest absolute Gasteiger partial charge is 0.493 e. The lowest BCUT2D eigenvalue weighted by atomic mass is 9.93. The SMILES string of the molecule is CCOC(=O)C1=C(c2ccccc2)N=c2s/c(=C\c3cc(Br)c(OCc4ccc([N+](=O)[O-])cc4)c(OC)c3)c(=O)n2[C@@H]1c1ccc(OC)c(OC)c1. The number of non-ortho nitro benzene ring substituents is 1. The van der Waals surface area contributed by atoms with Crippen LogP contribution >= 0.6 is 27.3 Å². The number of halogens is 1. The quantitative estimate of drug-likeness (QED) is 0.0820. The number of nitro benzene ring substituents is 1. The third kappa shape index (κ3) is 7.20. The van der Waals surface area contributed by atoms with Gasteiger partial charge in [0.05, 0.1) is 59.2 Å². The lowest BCUT2D eigenvalue weighted by Crippen LogP contribution is -2.40. The van der Waals surface area contributed by atoms with Gasteiger partial charge in [-0.15, -0.1) is 0 Å². The number of carbonyl (C=O) groups is 1. The topological polar surface area (TPSA) is 141 Å². The van der Waals surface area contributed by atoms with Crippen molar-refractivity contribution in [2.24, 2.45) is 4.99 Å². The predicted molar refractivity (Wildman–Crippen MR) is 199 cm³/mol. The van der Waals surface area contributed by atoms with Crippen molar-refractivity contribution in [2.45, 2.75) is 19.6 Å². The van der Waals surface area contributed by atoms with Crippen LogP contribution in [0.2, 0.25) is 0 Å². The first-order valence-corrected chi connectivity index (χ1v) is 17.5. The number of hydrogen-bond acceptors (Lipinski definition) is 11. The molecule has 0 aliphatic carbocycles. The van der Waals surface area contributed by atoms with Gasteiger partial charge in [0.1, 0.15) is 6.61 Å². The number of ether oxygens (including phenoxy) is 5. The van der Waals surface area contributed by atoms with Gasteiger partial charge in [-0.05, 0) is 82.0 Å². The van der Waals surface area contributed by atoms with E-state index in [-0.39, 0.29) is 30.0 Å². The minimum Gasteiger partial charge on any atom is -0.493 e. The monoisotopic (exact) mass is 785 g/mol. The maximum atomic E-state index is 14.4. The van der Waals surface area contributed by atoms with E-state index in [0.29, 0.717) is 59.2 Å². The van der Waals surface area contributed by atoms with Crippen LogP contribution < -0.4 is 33.8 Å². The highest BCUT2D eigenvalue weighted by atomic mass is 79.9. The van der Waals surface area contributed by atoms with Crippen molar-refractivity contribution in [2.75, 3.05) is 27.9 Å². The Hall–Kier alpha value is -5.73. The summed E-state index contributed by atoms with van der Waals surface area (Å²) in [7, 11) is 4.55. The summed E-state index contributed by atoms with van der Waals surface area (Å²) in [4.78, 5) is 44.1. The molecule has 2 heterocycles. The Labute approximate surface area is 310 Å². The number of nitro groups is 1. The number of fused-ring (bicyclic) bond motifs is 1. The first-order chi connectivity index (χ1) is 25.2. The average molecular weight is 787 g/mol. The minimum atomic E-state index is -0.913. The number of esters is 1. The molecular weight excluding hydrogens is 754 g/mol. The molecule has 0 amide bonds. The van der Waals surface area contributed by atoms with E-state index in [1.165, 1.54) is 49.4 Å². The fraction of sp³-hybridized carbons (Fsp3) is 0.184. The molecule has 14 heteroatoms. The summed E-state index contributed by atoms with van der Waals surface area (Å²) in [6.45, 7) is 1.98. The Bertz CT molecular complexity index is 2370. The van der Waals surface area contributed by atoms with E-state index < -0.39 is 16.9 Å². The van der Waals surface area contributed by atoms with E-state index in [1.807, 2.05) is 30.3 Å². The molecule has 0 N–H and O–H groups in total. The van der Waals surface area contributed by atoms with E-state index in [0.717, 1.165) is 5.56 Å². The fourth-order valence-corrected chi connectivity index (χ4v) is 7.34. The van der Waals surface area contributed by atoms with Crippen molar-refractivity contribution in [1.29, 1.82) is 0 Å². The average Bonchev–Trinajstić information content (AvgIpc) is 3.47. The van der Waals surface area contributed by atoms with Gasteiger partial charge in [-0.1, -0.05) is 47.7 Å². The fourth-order valence-electron chi connectivity index (χ4n) is 5.76. The molecule has 52 heavy (non-hydrogen) atoms. The number of methoxy groups -OCH3 is 3. The zero-order chi connectivity index (χ0) is 36.9. The van der Waals surface area contributed by atoms with E-state index >= 15 is 0 Å². The molecule has 5 aromatic rings. The van der Waals surface area contributed by atoms with E-state index in [4.69, 9.17) is 28.7 Å². The Morgan fingerprint density at radius 3 is 2.33 bits per heavy atom. The Morgan fingerprint density at radius 2 is 1.67 bits per heavy atom. The Balaban J connectivity index is 1.48. The summed E-state index contributed by atoms with van der Waals surface area (Å²) in [6.07, 6.45) is 1.72. The third-order valence-electron chi connectivity index (χ3n) is 8.18. The normalized spacial score (nSPS) is 13.9. The van der Waals surface area contributed by atoms with Gasteiger partial charge in [0.25, 0.3) is 11.2 Å². The molecule has 0 radical (unpaired) electrons. The number of benzene rings is 4. The number of rotatable bonds is 12. The molecule has 0 saturated carbocycles. The van der Waals surface area contributed by atoms with Gasteiger partial charge in [-0.3, -0.25) is 19.5 Å². The summed E-state index contributed by atoms with van der Waals surface area (Å²) in [6, 6.07) is 23.2. The van der Waals surface area contributed by atoms with Gasteiger partial charge < -0.3 is 23.7 Å². The van der Waals surface area contributed by atoms with Gasteiger partial charge in [-0.25, -0.2) is 9.79 Å². The number of carbonyl (C=O) groups excluding carboxylic acids is 1. The van der Waals surface area contributed by atoms with Crippen molar-refractivity contribution in [3.63, 3.8) is 0 Å². The van der Waals surface area contributed by atoms with Crippen molar-refractivity contribution in [1.82, 2.24) is 4.57 Å². The second-order valence-electron chi connectivity index (χ2n) is 11.3. The number of nitrogens with zero attached hydrogens (tertiary/aromatic N) is 3. The summed E-state index contributed by atoms with van der Waals surface area (Å²) in [5.41, 5.74) is 2.86. The van der Waals surface area contributed by atoms with Crippen molar-refractivity contribution < 1.29 is 33.4 Å². The molecular formula is C38H32BrN3O9S. The van der Waals surface area contributed by atoms with Crippen LogP contribution in [0.4, 0.5) is 5.69 Å². The molecule has 1 aromatic heterocycles. The zero-order valence-corrected chi connectivity index (χ0v) is 30.9. The smallest absolute Gasteiger partial charge is 0.338 e. The van der Waals surface area contributed by atoms with Gasteiger partial charge >= 0.3 is 5.97 Å². The highest BCUT2D eigenvalue weighted by Crippen LogP contribution is 2.39. The Kier molecular flexibility index (Phi) is 10.9. The molecule has 0 unspecified atom stereocenters. The summed E-state index contributed by atoms with van der Waals surface area (Å²) < 4.78 is 30.8.